The van der Waals surface area contributed by atoms with Crippen molar-refractivity contribution in [3.8, 4) is 0 Å². The Hall–Kier alpha value is -0.770. The van der Waals surface area contributed by atoms with Crippen LogP contribution in [-0.2, 0) is 4.74 Å². The van der Waals surface area contributed by atoms with E-state index in [1.54, 1.807) is 6.92 Å². The molecular weight excluding hydrogens is 181 g/mol. The Balaban J connectivity index is 3.06. The summed E-state index contributed by atoms with van der Waals surface area (Å²) < 4.78 is 42.2. The summed E-state index contributed by atoms with van der Waals surface area (Å²) in [5, 5.41) is 0. The first-order chi connectivity index (χ1) is 5.91. The van der Waals surface area contributed by atoms with E-state index < -0.39 is 11.8 Å². The lowest BCUT2D eigenvalue weighted by atomic mass is 9.93. The lowest BCUT2D eigenvalue weighted by molar-refractivity contribution is -0.230. The second-order valence-electron chi connectivity index (χ2n) is 3.09. The fourth-order valence-electron chi connectivity index (χ4n) is 1.31. The fourth-order valence-corrected chi connectivity index (χ4v) is 1.31. The van der Waals surface area contributed by atoms with E-state index in [-0.39, 0.29) is 0 Å². The molecule has 0 spiro atoms. The van der Waals surface area contributed by atoms with E-state index >= 15 is 0 Å². The molecule has 0 amide bonds. The van der Waals surface area contributed by atoms with Crippen LogP contribution in [0, 0.1) is 0 Å². The smallest absolute Gasteiger partial charge is 0.361 e. The first-order valence-electron chi connectivity index (χ1n) is 3.89. The quantitative estimate of drug-likeness (QED) is 0.580. The van der Waals surface area contributed by atoms with Crippen molar-refractivity contribution >= 4 is 0 Å². The van der Waals surface area contributed by atoms with Crippen LogP contribution in [0.25, 0.3) is 0 Å². The van der Waals surface area contributed by atoms with E-state index in [4.69, 9.17) is 0 Å². The molecule has 0 saturated heterocycles. The Labute approximate surface area is 74.9 Å². The van der Waals surface area contributed by atoms with Gasteiger partial charge in [-0.3, -0.25) is 0 Å². The maximum atomic E-state index is 12.5. The van der Waals surface area contributed by atoms with E-state index in [1.165, 1.54) is 6.08 Å². The number of hydrogen-bond donors (Lipinski definition) is 0. The first kappa shape index (κ1) is 10.3. The summed E-state index contributed by atoms with van der Waals surface area (Å²) in [6.07, 6.45) is -0.180. The monoisotopic (exact) mass is 192 g/mol. The van der Waals surface area contributed by atoms with Gasteiger partial charge < -0.3 is 4.74 Å². The van der Waals surface area contributed by atoms with Crippen molar-refractivity contribution in [2.45, 2.75) is 25.1 Å². The van der Waals surface area contributed by atoms with Gasteiger partial charge >= 0.3 is 6.18 Å². The van der Waals surface area contributed by atoms with E-state index in [2.05, 4.69) is 4.74 Å². The highest BCUT2D eigenvalue weighted by Gasteiger charge is 2.52. The van der Waals surface area contributed by atoms with E-state index in [1.807, 2.05) is 0 Å². The molecule has 1 unspecified atom stereocenters. The second kappa shape index (κ2) is 3.18. The summed E-state index contributed by atoms with van der Waals surface area (Å²) in [4.78, 5) is 0. The molecule has 13 heavy (non-hydrogen) atoms. The van der Waals surface area contributed by atoms with Gasteiger partial charge in [0.15, 0.2) is 5.60 Å². The average Bonchev–Trinajstić information content (AvgIpc) is 2.02. The van der Waals surface area contributed by atoms with Crippen molar-refractivity contribution in [1.29, 1.82) is 0 Å². The number of hydrogen-bond acceptors (Lipinski definition) is 1. The third-order valence-electron chi connectivity index (χ3n) is 2.05. The average molecular weight is 192 g/mol. The second-order valence-corrected chi connectivity index (χ2v) is 3.09. The van der Waals surface area contributed by atoms with Crippen molar-refractivity contribution in [3.63, 3.8) is 0 Å². The van der Waals surface area contributed by atoms with Crippen molar-refractivity contribution < 1.29 is 17.9 Å². The number of allylic oxidation sites excluding steroid dienone is 2. The summed E-state index contributed by atoms with van der Waals surface area (Å²) in [6.45, 7) is 1.66. The normalized spacial score (nSPS) is 28.8. The van der Waals surface area contributed by atoms with Gasteiger partial charge in [0.1, 0.15) is 0 Å². The standard InChI is InChI=1S/C9H11F3O/c1-7-4-3-5-8(6-7,13-2)9(10,11)12/h3,5-6H,4H2,1-2H3. The molecule has 0 saturated carbocycles. The first-order valence-corrected chi connectivity index (χ1v) is 3.89. The van der Waals surface area contributed by atoms with Crippen LogP contribution in [-0.4, -0.2) is 18.9 Å². The summed E-state index contributed by atoms with van der Waals surface area (Å²) in [6, 6.07) is 0. The molecule has 0 aromatic heterocycles. The van der Waals surface area contributed by atoms with Crippen LogP contribution < -0.4 is 0 Å². The van der Waals surface area contributed by atoms with Crippen LogP contribution in [0.1, 0.15) is 13.3 Å². The van der Waals surface area contributed by atoms with Crippen LogP contribution in [0.15, 0.2) is 23.8 Å². The van der Waals surface area contributed by atoms with Gasteiger partial charge in [-0.25, -0.2) is 0 Å². The summed E-state index contributed by atoms with van der Waals surface area (Å²) in [5.41, 5.74) is -1.54. The van der Waals surface area contributed by atoms with E-state index in [0.717, 1.165) is 19.3 Å². The van der Waals surface area contributed by atoms with Gasteiger partial charge in [0.05, 0.1) is 0 Å². The van der Waals surface area contributed by atoms with Gasteiger partial charge in [0.2, 0.25) is 0 Å². The highest BCUT2D eigenvalue weighted by atomic mass is 19.4. The molecule has 74 valence electrons. The maximum absolute atomic E-state index is 12.5. The molecule has 0 N–H and O–H groups in total. The molecule has 0 aromatic carbocycles. The van der Waals surface area contributed by atoms with Gasteiger partial charge in [0.25, 0.3) is 0 Å². The number of alkyl halides is 3. The van der Waals surface area contributed by atoms with E-state index in [9.17, 15) is 13.2 Å². The number of rotatable bonds is 1. The molecular formula is C9H11F3O. The van der Waals surface area contributed by atoms with Gasteiger partial charge in [-0.2, -0.15) is 13.2 Å². The lowest BCUT2D eigenvalue weighted by Gasteiger charge is -2.31. The molecule has 1 aliphatic rings. The van der Waals surface area contributed by atoms with Crippen LogP contribution in [0.2, 0.25) is 0 Å². The molecule has 0 fully saturated rings. The lowest BCUT2D eigenvalue weighted by Crippen LogP contribution is -2.44. The van der Waals surface area contributed by atoms with E-state index in [0.29, 0.717) is 12.0 Å². The minimum absolute atomic E-state index is 0.557. The predicted molar refractivity (Wildman–Crippen MR) is 43.3 cm³/mol. The predicted octanol–water partition coefficient (Wildman–Crippen LogP) is 2.84. The molecule has 0 heterocycles. The van der Waals surface area contributed by atoms with Gasteiger partial charge in [-0.05, 0) is 25.5 Å². The highest BCUT2D eigenvalue weighted by molar-refractivity contribution is 5.28. The SMILES string of the molecule is COC1(C(F)(F)F)C=CCC(C)=C1. The molecule has 1 rings (SSSR count). The third-order valence-corrected chi connectivity index (χ3v) is 2.05. The molecule has 1 aliphatic carbocycles. The Bertz CT molecular complexity index is 252. The zero-order valence-electron chi connectivity index (χ0n) is 7.48. The third kappa shape index (κ3) is 1.77. The van der Waals surface area contributed by atoms with Crippen molar-refractivity contribution in [2.75, 3.05) is 7.11 Å². The largest absolute Gasteiger partial charge is 0.424 e. The van der Waals surface area contributed by atoms with Gasteiger partial charge in [-0.1, -0.05) is 11.6 Å². The van der Waals surface area contributed by atoms with Crippen LogP contribution in [0.3, 0.4) is 0 Å². The van der Waals surface area contributed by atoms with Crippen molar-refractivity contribution in [1.82, 2.24) is 0 Å². The fraction of sp³-hybridized carbons (Fsp3) is 0.556. The molecule has 4 heteroatoms. The molecule has 1 nitrogen and oxygen atoms in total. The van der Waals surface area contributed by atoms with Crippen molar-refractivity contribution in [3.05, 3.63) is 23.8 Å². The topological polar surface area (TPSA) is 9.23 Å². The Morgan fingerprint density at radius 2 is 2.08 bits per heavy atom. The summed E-state index contributed by atoms with van der Waals surface area (Å²) >= 11 is 0. The number of ether oxygens (including phenoxy) is 1. The Morgan fingerprint density at radius 3 is 2.38 bits per heavy atom. The zero-order valence-corrected chi connectivity index (χ0v) is 7.48. The zero-order chi connectivity index (χ0) is 10.1. The Morgan fingerprint density at radius 1 is 1.46 bits per heavy atom. The maximum Gasteiger partial charge on any atom is 0.424 e. The Kier molecular flexibility index (Phi) is 2.52. The van der Waals surface area contributed by atoms with Gasteiger partial charge in [-0.15, -0.1) is 0 Å². The van der Waals surface area contributed by atoms with Crippen LogP contribution >= 0.6 is 0 Å². The van der Waals surface area contributed by atoms with Crippen molar-refractivity contribution in [2.24, 2.45) is 0 Å². The van der Waals surface area contributed by atoms with Gasteiger partial charge in [0, 0.05) is 7.11 Å². The highest BCUT2D eigenvalue weighted by Crippen LogP contribution is 2.38. The molecule has 0 bridgehead atoms. The number of halogens is 3. The molecule has 0 aromatic rings. The van der Waals surface area contributed by atoms with Crippen LogP contribution in [0.4, 0.5) is 13.2 Å². The molecule has 0 radical (unpaired) electrons. The molecule has 0 aliphatic heterocycles. The molecule has 1 atom stereocenters. The minimum Gasteiger partial charge on any atom is -0.361 e. The summed E-state index contributed by atoms with van der Waals surface area (Å²) in [5.74, 6) is 0. The number of methoxy groups -OCH3 is 1. The summed E-state index contributed by atoms with van der Waals surface area (Å²) in [7, 11) is 1.06. The minimum atomic E-state index is -4.39. The van der Waals surface area contributed by atoms with Crippen LogP contribution in [0.5, 0.6) is 0 Å².